The molecule has 2 aliphatic carbocycles. The third kappa shape index (κ3) is 3.58. The van der Waals surface area contributed by atoms with Crippen LogP contribution in [-0.4, -0.2) is 3.21 Å². The average molecular weight is 398 g/mol. The molecular formula is C18H20Cl2Zr. The maximum absolute atomic E-state index is 2.41. The standard InChI is InChI=1S/C10H9.C5H5.C3H6.2ClH.Zr/c1-8-6-9-4-2-3-5-10(9)7-8;1-2-4-5-3-1;1-3-2;;;/h2-7H,1H3;1-3H,4H2;1-2H3;2*1H;/q;;;;;+2/p-2. The summed E-state index contributed by atoms with van der Waals surface area (Å²) in [6, 6.07) is 8.98. The van der Waals surface area contributed by atoms with E-state index in [2.05, 4.69) is 69.3 Å². The van der Waals surface area contributed by atoms with Gasteiger partial charge in [-0.15, -0.1) is 0 Å². The monoisotopic (exact) mass is 396 g/mol. The van der Waals surface area contributed by atoms with Gasteiger partial charge in [0.2, 0.25) is 0 Å². The zero-order valence-corrected chi connectivity index (χ0v) is 16.6. The van der Waals surface area contributed by atoms with Gasteiger partial charge >= 0.3 is 124 Å². The van der Waals surface area contributed by atoms with Gasteiger partial charge in [-0.3, -0.25) is 0 Å². The molecule has 1 atom stereocenters. The molecule has 0 heterocycles. The van der Waals surface area contributed by atoms with Crippen LogP contribution < -0.4 is 24.8 Å². The van der Waals surface area contributed by atoms with E-state index in [0.717, 1.165) is 3.63 Å². The molecule has 0 aliphatic heterocycles. The van der Waals surface area contributed by atoms with E-state index < -0.39 is 21.3 Å². The molecule has 0 fully saturated rings. The summed E-state index contributed by atoms with van der Waals surface area (Å²) in [5.74, 6) is 0. The minimum Gasteiger partial charge on any atom is -1.00 e. The van der Waals surface area contributed by atoms with Crippen LogP contribution in [0.1, 0.15) is 41.9 Å². The molecule has 110 valence electrons. The second-order valence-corrected chi connectivity index (χ2v) is 13.2. The molecule has 1 unspecified atom stereocenters. The first-order chi connectivity index (χ1) is 9.18. The Balaban J connectivity index is 0.00000110. The van der Waals surface area contributed by atoms with Crippen molar-refractivity contribution in [3.63, 3.8) is 0 Å². The molecule has 0 nitrogen and oxygen atoms in total. The molecule has 0 radical (unpaired) electrons. The van der Waals surface area contributed by atoms with E-state index in [1.165, 1.54) is 12.0 Å². The molecule has 0 bridgehead atoms. The summed E-state index contributed by atoms with van der Waals surface area (Å²) in [4.78, 5) is 0. The van der Waals surface area contributed by atoms with Crippen LogP contribution in [0.3, 0.4) is 0 Å². The smallest absolute Gasteiger partial charge is 1.00 e. The summed E-state index contributed by atoms with van der Waals surface area (Å²) in [7, 11) is 0. The van der Waals surface area contributed by atoms with E-state index in [0.29, 0.717) is 0 Å². The van der Waals surface area contributed by atoms with Gasteiger partial charge in [-0.05, 0) is 0 Å². The Bertz CT molecular complexity index is 647. The number of rotatable bonds is 2. The van der Waals surface area contributed by atoms with Crippen molar-refractivity contribution in [2.24, 2.45) is 0 Å². The van der Waals surface area contributed by atoms with Crippen LogP contribution in [0.4, 0.5) is 0 Å². The van der Waals surface area contributed by atoms with Gasteiger partial charge in [0.05, 0.1) is 0 Å². The second-order valence-electron chi connectivity index (χ2n) is 5.69. The fourth-order valence-electron chi connectivity index (χ4n) is 3.30. The molecule has 3 rings (SSSR count). The number of allylic oxidation sites excluding steroid dienone is 5. The Morgan fingerprint density at radius 1 is 1.14 bits per heavy atom. The van der Waals surface area contributed by atoms with Crippen LogP contribution >= 0.6 is 0 Å². The summed E-state index contributed by atoms with van der Waals surface area (Å²) in [6.07, 6.45) is 10.6. The van der Waals surface area contributed by atoms with Gasteiger partial charge in [0, 0.05) is 0 Å². The minimum atomic E-state index is -1.73. The first kappa shape index (κ1) is 18.8. The number of hydrogen-bond donors (Lipinski definition) is 0. The number of fused-ring (bicyclic) bond motifs is 1. The largest absolute Gasteiger partial charge is 1.00 e. The van der Waals surface area contributed by atoms with Crippen LogP contribution in [0.2, 0.25) is 0 Å². The van der Waals surface area contributed by atoms with E-state index in [1.807, 2.05) is 0 Å². The molecule has 1 aromatic rings. The Morgan fingerprint density at radius 2 is 1.86 bits per heavy atom. The summed E-state index contributed by atoms with van der Waals surface area (Å²) >= 11 is -1.73. The second kappa shape index (κ2) is 7.86. The summed E-state index contributed by atoms with van der Waals surface area (Å²) in [5.41, 5.74) is 4.63. The summed E-state index contributed by atoms with van der Waals surface area (Å²) in [5, 5.41) is 0. The zero-order chi connectivity index (χ0) is 13.4. The van der Waals surface area contributed by atoms with Crippen LogP contribution in [0.25, 0.3) is 6.08 Å². The van der Waals surface area contributed by atoms with Gasteiger partial charge in [0.1, 0.15) is 0 Å². The number of halogens is 2. The Hall–Kier alpha value is -0.227. The molecule has 21 heavy (non-hydrogen) atoms. The topological polar surface area (TPSA) is 0 Å². The maximum atomic E-state index is 2.41. The third-order valence-electron chi connectivity index (χ3n) is 4.09. The van der Waals surface area contributed by atoms with Crippen molar-refractivity contribution >= 4 is 9.28 Å². The fourth-order valence-corrected chi connectivity index (χ4v) is 11.5. The number of hydrogen-bond acceptors (Lipinski definition) is 0. The molecule has 1 aromatic carbocycles. The predicted octanol–water partition coefficient (Wildman–Crippen LogP) is -1.17. The Labute approximate surface area is 148 Å². The van der Waals surface area contributed by atoms with Crippen LogP contribution in [0.5, 0.6) is 0 Å². The molecular weight excluding hydrogens is 378 g/mol. The van der Waals surface area contributed by atoms with Crippen molar-refractivity contribution in [2.75, 3.05) is 0 Å². The van der Waals surface area contributed by atoms with Gasteiger partial charge < -0.3 is 24.8 Å². The van der Waals surface area contributed by atoms with Gasteiger partial charge in [0.25, 0.3) is 0 Å². The number of benzene rings is 1. The fraction of sp³-hybridized carbons (Fsp3) is 0.278. The predicted molar refractivity (Wildman–Crippen MR) is 81.0 cm³/mol. The van der Waals surface area contributed by atoms with E-state index in [1.54, 1.807) is 17.6 Å². The molecule has 0 spiro atoms. The molecule has 0 saturated carbocycles. The van der Waals surface area contributed by atoms with Crippen LogP contribution in [0, 0.1) is 0 Å². The molecule has 0 N–H and O–H groups in total. The molecule has 2 aliphatic rings. The average Bonchev–Trinajstić information content (AvgIpc) is 2.99. The van der Waals surface area contributed by atoms with Gasteiger partial charge in [-0.1, -0.05) is 0 Å². The van der Waals surface area contributed by atoms with Crippen molar-refractivity contribution < 1.29 is 46.1 Å². The molecule has 0 amide bonds. The third-order valence-corrected chi connectivity index (χ3v) is 12.7. The quantitative estimate of drug-likeness (QED) is 0.589. The van der Waals surface area contributed by atoms with Crippen molar-refractivity contribution in [2.45, 2.75) is 30.8 Å². The van der Waals surface area contributed by atoms with Crippen LogP contribution in [0.15, 0.2) is 51.3 Å². The SMILES string of the molecule is CC1=Cc2ccccc2[CH]1[Zr+2]([C]1=CC=CC1)=[C](C)C.[Cl-].[Cl-]. The summed E-state index contributed by atoms with van der Waals surface area (Å²) < 4.78 is 4.21. The van der Waals surface area contributed by atoms with E-state index in [9.17, 15) is 0 Å². The van der Waals surface area contributed by atoms with Crippen LogP contribution in [-0.2, 0) is 21.3 Å². The zero-order valence-electron chi connectivity index (χ0n) is 12.7. The first-order valence-corrected chi connectivity index (χ1v) is 10.9. The molecule has 3 heteroatoms. The maximum Gasteiger partial charge on any atom is -1.00 e. The normalized spacial score (nSPS) is 17.7. The molecule has 0 saturated heterocycles. The minimum absolute atomic E-state index is 0. The van der Waals surface area contributed by atoms with Crippen molar-refractivity contribution in [3.8, 4) is 0 Å². The van der Waals surface area contributed by atoms with Crippen molar-refractivity contribution in [1.82, 2.24) is 0 Å². The van der Waals surface area contributed by atoms with E-state index in [-0.39, 0.29) is 24.8 Å². The van der Waals surface area contributed by atoms with Crippen molar-refractivity contribution in [3.05, 3.63) is 62.5 Å². The van der Waals surface area contributed by atoms with E-state index >= 15 is 0 Å². The van der Waals surface area contributed by atoms with E-state index in [4.69, 9.17) is 0 Å². The summed E-state index contributed by atoms with van der Waals surface area (Å²) in [6.45, 7) is 7.06. The van der Waals surface area contributed by atoms with Gasteiger partial charge in [0.15, 0.2) is 0 Å². The first-order valence-electron chi connectivity index (χ1n) is 6.99. The van der Waals surface area contributed by atoms with Gasteiger partial charge in [-0.2, -0.15) is 0 Å². The van der Waals surface area contributed by atoms with Crippen molar-refractivity contribution in [1.29, 1.82) is 0 Å². The van der Waals surface area contributed by atoms with Gasteiger partial charge in [-0.25, -0.2) is 0 Å². The molecule has 0 aromatic heterocycles. The Kier molecular flexibility index (Phi) is 7.05. The Morgan fingerprint density at radius 3 is 2.48 bits per heavy atom.